The number of anilines is 1. The van der Waals surface area contributed by atoms with Gasteiger partial charge in [-0.3, -0.25) is 4.79 Å². The molecule has 3 aromatic rings. The Hall–Kier alpha value is -2.65. The molecule has 0 bridgehead atoms. The molecule has 24 heavy (non-hydrogen) atoms. The maximum Gasteiger partial charge on any atom is 0.256 e. The number of amides is 1. The van der Waals surface area contributed by atoms with E-state index in [-0.39, 0.29) is 5.91 Å². The van der Waals surface area contributed by atoms with Crippen LogP contribution in [0.1, 0.15) is 21.5 Å². The average molecular weight is 315 g/mol. The van der Waals surface area contributed by atoms with Crippen LogP contribution in [-0.4, -0.2) is 24.4 Å². The van der Waals surface area contributed by atoms with Crippen molar-refractivity contribution in [3.8, 4) is 0 Å². The molecule has 0 spiro atoms. The molecule has 0 fully saturated rings. The molecular weight excluding hydrogens is 296 g/mol. The van der Waals surface area contributed by atoms with Gasteiger partial charge in [-0.25, -0.2) is 0 Å². The van der Waals surface area contributed by atoms with Gasteiger partial charge in [-0.05, 0) is 53.6 Å². The first-order chi connectivity index (χ1) is 11.7. The van der Waals surface area contributed by atoms with E-state index in [2.05, 4.69) is 35.5 Å². The Morgan fingerprint density at radius 3 is 2.92 bits per heavy atom. The first-order valence-electron chi connectivity index (χ1n) is 8.22. The van der Waals surface area contributed by atoms with Gasteiger partial charge in [0.2, 0.25) is 0 Å². The molecule has 1 aliphatic heterocycles. The highest BCUT2D eigenvalue weighted by Crippen LogP contribution is 2.23. The Morgan fingerprint density at radius 2 is 2.00 bits per heavy atom. The summed E-state index contributed by atoms with van der Waals surface area (Å²) in [6.45, 7) is 2.02. The van der Waals surface area contributed by atoms with Gasteiger partial charge in [0.05, 0.1) is 5.56 Å². The van der Waals surface area contributed by atoms with Crippen LogP contribution in [-0.2, 0) is 13.0 Å². The molecule has 0 saturated heterocycles. The second kappa shape index (κ2) is 6.10. The lowest BCUT2D eigenvalue weighted by atomic mass is 9.99. The molecule has 1 radical (unpaired) electrons. The molecular formula is C21H19N2O. The topological polar surface area (TPSA) is 32.3 Å². The number of carbonyl (C=O) groups excluding carboxylic acids is 1. The van der Waals surface area contributed by atoms with E-state index in [4.69, 9.17) is 0 Å². The van der Waals surface area contributed by atoms with Crippen molar-refractivity contribution in [1.82, 2.24) is 4.90 Å². The van der Waals surface area contributed by atoms with Crippen LogP contribution in [0.25, 0.3) is 10.8 Å². The molecule has 0 saturated carbocycles. The van der Waals surface area contributed by atoms with E-state index >= 15 is 0 Å². The number of rotatable bonds is 2. The van der Waals surface area contributed by atoms with Gasteiger partial charge in [-0.15, -0.1) is 0 Å². The normalized spacial score (nSPS) is 14.4. The van der Waals surface area contributed by atoms with E-state index in [0.29, 0.717) is 5.56 Å². The molecule has 4 rings (SSSR count). The van der Waals surface area contributed by atoms with Crippen LogP contribution in [0.3, 0.4) is 0 Å². The van der Waals surface area contributed by atoms with Gasteiger partial charge >= 0.3 is 0 Å². The summed E-state index contributed by atoms with van der Waals surface area (Å²) in [4.78, 5) is 15.0. The number of benzene rings is 3. The van der Waals surface area contributed by atoms with Gasteiger partial charge in [-0.2, -0.15) is 0 Å². The Bertz CT molecular complexity index is 911. The fourth-order valence-corrected chi connectivity index (χ4v) is 3.32. The molecule has 0 aromatic heterocycles. The van der Waals surface area contributed by atoms with Gasteiger partial charge in [0, 0.05) is 18.8 Å². The summed E-state index contributed by atoms with van der Waals surface area (Å²) >= 11 is 0. The third-order valence-corrected chi connectivity index (χ3v) is 4.62. The van der Waals surface area contributed by atoms with E-state index in [0.717, 1.165) is 36.0 Å². The summed E-state index contributed by atoms with van der Waals surface area (Å²) in [5.41, 5.74) is 4.10. The highest BCUT2D eigenvalue weighted by molar-refractivity contribution is 6.12. The standard InChI is InChI=1S/C21H19N2O/c1-23-12-11-15-9-10-18(13-17(15)14-23)22-21(24)20-8-4-6-16-5-2-3-7-19(16)20/h2-7,9-10,13H,11-12,14H2,1H3,(H,22,24). The van der Waals surface area contributed by atoms with Crippen molar-refractivity contribution in [2.24, 2.45) is 0 Å². The quantitative estimate of drug-likeness (QED) is 0.778. The largest absolute Gasteiger partial charge is 0.322 e. The van der Waals surface area contributed by atoms with Crippen LogP contribution in [0.5, 0.6) is 0 Å². The molecule has 0 aliphatic carbocycles. The Morgan fingerprint density at radius 1 is 1.12 bits per heavy atom. The number of hydrogen-bond acceptors (Lipinski definition) is 2. The van der Waals surface area contributed by atoms with Gasteiger partial charge in [-0.1, -0.05) is 42.5 Å². The maximum atomic E-state index is 12.7. The zero-order valence-electron chi connectivity index (χ0n) is 13.7. The van der Waals surface area contributed by atoms with Crippen LogP contribution in [0.15, 0.2) is 54.6 Å². The number of likely N-dealkylation sites (N-methyl/N-ethyl adjacent to an activating group) is 1. The van der Waals surface area contributed by atoms with Crippen molar-refractivity contribution < 1.29 is 4.79 Å². The van der Waals surface area contributed by atoms with Crippen molar-refractivity contribution in [1.29, 1.82) is 0 Å². The van der Waals surface area contributed by atoms with Crippen LogP contribution in [0.4, 0.5) is 5.69 Å². The van der Waals surface area contributed by atoms with Crippen molar-refractivity contribution in [2.45, 2.75) is 13.0 Å². The van der Waals surface area contributed by atoms with E-state index < -0.39 is 0 Å². The maximum absolute atomic E-state index is 12.7. The number of hydrogen-bond donors (Lipinski definition) is 1. The zero-order chi connectivity index (χ0) is 16.5. The highest BCUT2D eigenvalue weighted by atomic mass is 16.1. The van der Waals surface area contributed by atoms with Crippen molar-refractivity contribution in [3.05, 3.63) is 77.4 Å². The predicted molar refractivity (Wildman–Crippen MR) is 97.2 cm³/mol. The van der Waals surface area contributed by atoms with Gasteiger partial charge in [0.25, 0.3) is 5.91 Å². The van der Waals surface area contributed by atoms with E-state index in [1.807, 2.05) is 36.4 Å². The summed E-state index contributed by atoms with van der Waals surface area (Å²) < 4.78 is 0. The first kappa shape index (κ1) is 14.9. The lowest BCUT2D eigenvalue weighted by Crippen LogP contribution is -2.26. The summed E-state index contributed by atoms with van der Waals surface area (Å²) in [5.74, 6) is -0.115. The summed E-state index contributed by atoms with van der Waals surface area (Å²) in [5, 5.41) is 5.00. The van der Waals surface area contributed by atoms with Crippen LogP contribution >= 0.6 is 0 Å². The van der Waals surface area contributed by atoms with E-state index in [9.17, 15) is 4.79 Å². The van der Waals surface area contributed by atoms with Crippen molar-refractivity contribution in [2.75, 3.05) is 18.9 Å². The van der Waals surface area contributed by atoms with Crippen molar-refractivity contribution in [3.63, 3.8) is 0 Å². The molecule has 1 N–H and O–H groups in total. The Kier molecular flexibility index (Phi) is 3.79. The van der Waals surface area contributed by atoms with Gasteiger partial charge < -0.3 is 10.2 Å². The highest BCUT2D eigenvalue weighted by Gasteiger charge is 2.15. The van der Waals surface area contributed by atoms with Crippen molar-refractivity contribution >= 4 is 22.4 Å². The molecule has 0 atom stereocenters. The van der Waals surface area contributed by atoms with Crippen LogP contribution in [0, 0.1) is 6.07 Å². The number of carbonyl (C=O) groups is 1. The monoisotopic (exact) mass is 315 g/mol. The SMILES string of the molecule is CN1CCc2ccc(NC(=O)c3[c]ccc4ccccc34)cc2C1. The second-order valence-corrected chi connectivity index (χ2v) is 6.37. The average Bonchev–Trinajstić information content (AvgIpc) is 2.61. The molecule has 1 amide bonds. The third kappa shape index (κ3) is 2.79. The molecule has 1 aliphatic rings. The lowest BCUT2D eigenvalue weighted by molar-refractivity contribution is 0.102. The molecule has 119 valence electrons. The number of nitrogens with one attached hydrogen (secondary N) is 1. The van der Waals surface area contributed by atoms with E-state index in [1.165, 1.54) is 11.1 Å². The fraction of sp³-hybridized carbons (Fsp3) is 0.190. The Balaban J connectivity index is 1.63. The summed E-state index contributed by atoms with van der Waals surface area (Å²) in [6, 6.07) is 21.0. The van der Waals surface area contributed by atoms with Crippen LogP contribution in [0.2, 0.25) is 0 Å². The smallest absolute Gasteiger partial charge is 0.256 e. The summed E-state index contributed by atoms with van der Waals surface area (Å²) in [7, 11) is 2.12. The molecule has 3 aromatic carbocycles. The molecule has 1 heterocycles. The minimum atomic E-state index is -0.115. The Labute approximate surface area is 141 Å². The minimum absolute atomic E-state index is 0.115. The molecule has 0 unspecified atom stereocenters. The van der Waals surface area contributed by atoms with Crippen LogP contribution < -0.4 is 5.32 Å². The second-order valence-electron chi connectivity index (χ2n) is 6.37. The minimum Gasteiger partial charge on any atom is -0.322 e. The number of fused-ring (bicyclic) bond motifs is 2. The third-order valence-electron chi connectivity index (χ3n) is 4.62. The predicted octanol–water partition coefficient (Wildman–Crippen LogP) is 3.88. The zero-order valence-corrected chi connectivity index (χ0v) is 13.7. The van der Waals surface area contributed by atoms with Gasteiger partial charge in [0.15, 0.2) is 0 Å². The van der Waals surface area contributed by atoms with Gasteiger partial charge in [0.1, 0.15) is 0 Å². The summed E-state index contributed by atoms with van der Waals surface area (Å²) in [6.07, 6.45) is 1.07. The van der Waals surface area contributed by atoms with E-state index in [1.54, 1.807) is 6.07 Å². The number of nitrogens with zero attached hydrogens (tertiary/aromatic N) is 1. The molecule has 3 heteroatoms. The first-order valence-corrected chi connectivity index (χ1v) is 8.22. The molecule has 3 nitrogen and oxygen atoms in total. The fourth-order valence-electron chi connectivity index (χ4n) is 3.32. The lowest BCUT2D eigenvalue weighted by Gasteiger charge is -2.25.